The summed E-state index contributed by atoms with van der Waals surface area (Å²) in [6.07, 6.45) is 3.51. The summed E-state index contributed by atoms with van der Waals surface area (Å²) < 4.78 is 0. The van der Waals surface area contributed by atoms with Gasteiger partial charge in [-0.1, -0.05) is 6.07 Å². The Morgan fingerprint density at radius 1 is 0.897 bits per heavy atom. The molecule has 0 spiro atoms. The minimum atomic E-state index is -0.188. The van der Waals surface area contributed by atoms with Crippen LogP contribution in [0, 0.1) is 13.8 Å². The van der Waals surface area contributed by atoms with Crippen LogP contribution in [0.4, 0.5) is 17.6 Å². The monoisotopic (exact) mass is 389 g/mol. The van der Waals surface area contributed by atoms with Crippen molar-refractivity contribution in [3.05, 3.63) is 65.5 Å². The van der Waals surface area contributed by atoms with E-state index in [9.17, 15) is 4.79 Å². The number of nitrogens with zero attached hydrogens (tertiary/aromatic N) is 6. The van der Waals surface area contributed by atoms with Gasteiger partial charge in [0.1, 0.15) is 0 Å². The number of benzene rings is 1. The number of aryl methyl sites for hydroxylation is 2. The van der Waals surface area contributed by atoms with Crippen LogP contribution in [0.2, 0.25) is 0 Å². The van der Waals surface area contributed by atoms with Gasteiger partial charge in [-0.15, -0.1) is 10.2 Å². The number of hydrogen-bond donors (Lipinski definition) is 1. The van der Waals surface area contributed by atoms with Crippen molar-refractivity contribution in [3.63, 3.8) is 0 Å². The molecule has 29 heavy (non-hydrogen) atoms. The van der Waals surface area contributed by atoms with Gasteiger partial charge in [0, 0.05) is 44.1 Å². The number of rotatable bonds is 4. The van der Waals surface area contributed by atoms with Crippen LogP contribution in [0.25, 0.3) is 0 Å². The molecule has 0 saturated carbocycles. The first-order valence-electron chi connectivity index (χ1n) is 9.59. The number of hydrogen-bond acceptors (Lipinski definition) is 7. The molecule has 1 amide bonds. The van der Waals surface area contributed by atoms with E-state index >= 15 is 0 Å². The Labute approximate surface area is 169 Å². The van der Waals surface area contributed by atoms with E-state index in [1.165, 1.54) is 0 Å². The average molecular weight is 389 g/mol. The summed E-state index contributed by atoms with van der Waals surface area (Å²) in [5, 5.41) is 11.3. The molecule has 0 atom stereocenters. The normalized spacial score (nSPS) is 14.0. The highest BCUT2D eigenvalue weighted by Gasteiger charge is 2.20. The number of carbonyl (C=O) groups excluding carboxylic acids is 1. The number of aromatic nitrogens is 4. The predicted molar refractivity (Wildman–Crippen MR) is 112 cm³/mol. The Kier molecular flexibility index (Phi) is 5.33. The van der Waals surface area contributed by atoms with Gasteiger partial charge in [0.15, 0.2) is 11.6 Å². The van der Waals surface area contributed by atoms with Crippen molar-refractivity contribution in [2.75, 3.05) is 41.3 Å². The third kappa shape index (κ3) is 4.31. The summed E-state index contributed by atoms with van der Waals surface area (Å²) in [7, 11) is 0. The Bertz CT molecular complexity index is 984. The highest BCUT2D eigenvalue weighted by Crippen LogP contribution is 2.17. The average Bonchev–Trinajstić information content (AvgIpc) is 2.77. The fourth-order valence-electron chi connectivity index (χ4n) is 3.22. The molecule has 1 saturated heterocycles. The van der Waals surface area contributed by atoms with Crippen LogP contribution in [-0.4, -0.2) is 52.3 Å². The van der Waals surface area contributed by atoms with E-state index in [0.717, 1.165) is 49.1 Å². The van der Waals surface area contributed by atoms with Gasteiger partial charge in [0.2, 0.25) is 5.95 Å². The molecule has 0 unspecified atom stereocenters. The molecule has 3 heterocycles. The maximum Gasteiger partial charge on any atom is 0.256 e. The second kappa shape index (κ2) is 8.22. The van der Waals surface area contributed by atoms with Crippen LogP contribution in [0.15, 0.2) is 48.8 Å². The summed E-state index contributed by atoms with van der Waals surface area (Å²) in [5.74, 6) is 1.80. The van der Waals surface area contributed by atoms with E-state index in [2.05, 4.69) is 35.3 Å². The van der Waals surface area contributed by atoms with E-state index < -0.39 is 0 Å². The zero-order valence-electron chi connectivity index (χ0n) is 16.5. The molecule has 1 aliphatic rings. The standard InChI is InChI=1S/C21H23N7O/c1-15-4-5-17(14-16(15)2)20(29)24-18-6-7-19(26-25-18)27-10-12-28(13-11-27)21-22-8-3-9-23-21/h3-9,14H,10-13H2,1-2H3,(H,24,25,29). The lowest BCUT2D eigenvalue weighted by Crippen LogP contribution is -2.47. The highest BCUT2D eigenvalue weighted by atomic mass is 16.1. The largest absolute Gasteiger partial charge is 0.352 e. The molecule has 2 aromatic heterocycles. The van der Waals surface area contributed by atoms with Crippen LogP contribution in [0.1, 0.15) is 21.5 Å². The first kappa shape index (κ1) is 18.8. The van der Waals surface area contributed by atoms with Crippen molar-refractivity contribution < 1.29 is 4.79 Å². The molecular formula is C21H23N7O. The third-order valence-electron chi connectivity index (χ3n) is 5.10. The summed E-state index contributed by atoms with van der Waals surface area (Å²) in [5.41, 5.74) is 2.85. The van der Waals surface area contributed by atoms with Crippen molar-refractivity contribution in [1.82, 2.24) is 20.2 Å². The van der Waals surface area contributed by atoms with Crippen LogP contribution >= 0.6 is 0 Å². The summed E-state index contributed by atoms with van der Waals surface area (Å²) in [6.45, 7) is 7.26. The van der Waals surface area contributed by atoms with Gasteiger partial charge in [-0.3, -0.25) is 4.79 Å². The molecule has 1 fully saturated rings. The summed E-state index contributed by atoms with van der Waals surface area (Å²) >= 11 is 0. The van der Waals surface area contributed by atoms with Crippen molar-refractivity contribution in [2.24, 2.45) is 0 Å². The molecule has 8 heteroatoms. The maximum atomic E-state index is 12.4. The van der Waals surface area contributed by atoms with E-state index in [4.69, 9.17) is 0 Å². The topological polar surface area (TPSA) is 87.1 Å². The van der Waals surface area contributed by atoms with Gasteiger partial charge >= 0.3 is 0 Å². The van der Waals surface area contributed by atoms with Crippen LogP contribution in [0.5, 0.6) is 0 Å². The minimum absolute atomic E-state index is 0.188. The smallest absolute Gasteiger partial charge is 0.256 e. The van der Waals surface area contributed by atoms with Gasteiger partial charge in [0.25, 0.3) is 5.91 Å². The molecule has 1 N–H and O–H groups in total. The summed E-state index contributed by atoms with van der Waals surface area (Å²) in [6, 6.07) is 11.1. The van der Waals surface area contributed by atoms with Gasteiger partial charge in [-0.2, -0.15) is 0 Å². The zero-order chi connectivity index (χ0) is 20.2. The lowest BCUT2D eigenvalue weighted by Gasteiger charge is -2.35. The van der Waals surface area contributed by atoms with Gasteiger partial charge in [-0.25, -0.2) is 9.97 Å². The molecule has 0 aliphatic carbocycles. The molecular weight excluding hydrogens is 366 g/mol. The fourth-order valence-corrected chi connectivity index (χ4v) is 3.22. The third-order valence-corrected chi connectivity index (χ3v) is 5.10. The Morgan fingerprint density at radius 3 is 2.28 bits per heavy atom. The molecule has 8 nitrogen and oxygen atoms in total. The quantitative estimate of drug-likeness (QED) is 0.733. The number of anilines is 3. The molecule has 3 aromatic rings. The second-order valence-electron chi connectivity index (χ2n) is 7.05. The molecule has 0 radical (unpaired) electrons. The Hall–Kier alpha value is -3.55. The second-order valence-corrected chi connectivity index (χ2v) is 7.05. The number of nitrogens with one attached hydrogen (secondary N) is 1. The lowest BCUT2D eigenvalue weighted by atomic mass is 10.1. The molecule has 148 valence electrons. The van der Waals surface area contributed by atoms with E-state index in [1.807, 2.05) is 44.2 Å². The van der Waals surface area contributed by atoms with Crippen molar-refractivity contribution >= 4 is 23.5 Å². The van der Waals surface area contributed by atoms with Crippen molar-refractivity contribution in [2.45, 2.75) is 13.8 Å². The van der Waals surface area contributed by atoms with E-state index in [0.29, 0.717) is 11.4 Å². The first-order chi connectivity index (χ1) is 14.1. The number of carbonyl (C=O) groups is 1. The minimum Gasteiger partial charge on any atom is -0.352 e. The number of amides is 1. The molecule has 0 bridgehead atoms. The van der Waals surface area contributed by atoms with Crippen LogP contribution < -0.4 is 15.1 Å². The lowest BCUT2D eigenvalue weighted by molar-refractivity contribution is 0.102. The molecule has 4 rings (SSSR count). The zero-order valence-corrected chi connectivity index (χ0v) is 16.5. The van der Waals surface area contributed by atoms with E-state index in [-0.39, 0.29) is 5.91 Å². The van der Waals surface area contributed by atoms with Crippen molar-refractivity contribution in [3.8, 4) is 0 Å². The SMILES string of the molecule is Cc1ccc(C(=O)Nc2ccc(N3CCN(c4ncccn4)CC3)nn2)cc1C. The van der Waals surface area contributed by atoms with Crippen LogP contribution in [-0.2, 0) is 0 Å². The molecule has 1 aromatic carbocycles. The molecule has 1 aliphatic heterocycles. The van der Waals surface area contributed by atoms with Gasteiger partial charge in [-0.05, 0) is 55.3 Å². The van der Waals surface area contributed by atoms with Gasteiger partial charge < -0.3 is 15.1 Å². The number of piperazine rings is 1. The van der Waals surface area contributed by atoms with E-state index in [1.54, 1.807) is 18.5 Å². The predicted octanol–water partition coefficient (Wildman–Crippen LogP) is 2.46. The maximum absolute atomic E-state index is 12.4. The first-order valence-corrected chi connectivity index (χ1v) is 9.59. The summed E-state index contributed by atoms with van der Waals surface area (Å²) in [4.78, 5) is 25.4. The Balaban J connectivity index is 1.36. The van der Waals surface area contributed by atoms with Crippen LogP contribution in [0.3, 0.4) is 0 Å². The highest BCUT2D eigenvalue weighted by molar-refractivity contribution is 6.03. The van der Waals surface area contributed by atoms with Crippen molar-refractivity contribution in [1.29, 1.82) is 0 Å². The fraction of sp³-hybridized carbons (Fsp3) is 0.286. The Morgan fingerprint density at radius 2 is 1.62 bits per heavy atom. The van der Waals surface area contributed by atoms with Gasteiger partial charge in [0.05, 0.1) is 0 Å².